The molecule has 1 aromatic rings. The lowest BCUT2D eigenvalue weighted by Crippen LogP contribution is -2.24. The van der Waals surface area contributed by atoms with Crippen LogP contribution in [0, 0.1) is 0 Å². The van der Waals surface area contributed by atoms with Gasteiger partial charge in [-0.05, 0) is 12.5 Å². The standard InChI is InChI=1S/C11H12O3/c1-2-13-10(12)11(8-14-11)9-6-4-3-5-7-9/h3-7H,2,8H2,1H3. The Hall–Kier alpha value is -1.35. The number of hydrogen-bond acceptors (Lipinski definition) is 3. The summed E-state index contributed by atoms with van der Waals surface area (Å²) < 4.78 is 10.2. The Labute approximate surface area is 82.6 Å². The van der Waals surface area contributed by atoms with Gasteiger partial charge in [0.25, 0.3) is 0 Å². The van der Waals surface area contributed by atoms with E-state index in [9.17, 15) is 4.79 Å². The lowest BCUT2D eigenvalue weighted by molar-refractivity contribution is -0.149. The van der Waals surface area contributed by atoms with E-state index >= 15 is 0 Å². The fraction of sp³-hybridized carbons (Fsp3) is 0.364. The van der Waals surface area contributed by atoms with Gasteiger partial charge in [-0.3, -0.25) is 0 Å². The van der Waals surface area contributed by atoms with Crippen LogP contribution in [0.5, 0.6) is 0 Å². The summed E-state index contributed by atoms with van der Waals surface area (Å²) in [5.74, 6) is -0.286. The molecule has 3 nitrogen and oxygen atoms in total. The lowest BCUT2D eigenvalue weighted by atomic mass is 10.0. The van der Waals surface area contributed by atoms with E-state index in [0.717, 1.165) is 5.56 Å². The molecule has 0 radical (unpaired) electrons. The number of rotatable bonds is 3. The molecule has 0 spiro atoms. The van der Waals surface area contributed by atoms with Gasteiger partial charge in [-0.2, -0.15) is 0 Å². The molecule has 1 aliphatic rings. The van der Waals surface area contributed by atoms with Crippen molar-refractivity contribution in [2.24, 2.45) is 0 Å². The number of carbonyl (C=O) groups excluding carboxylic acids is 1. The summed E-state index contributed by atoms with van der Waals surface area (Å²) in [6, 6.07) is 9.44. The zero-order valence-corrected chi connectivity index (χ0v) is 8.03. The normalized spacial score (nSPS) is 24.4. The van der Waals surface area contributed by atoms with E-state index in [1.165, 1.54) is 0 Å². The monoisotopic (exact) mass is 192 g/mol. The second-order valence-electron chi connectivity index (χ2n) is 3.20. The zero-order chi connectivity index (χ0) is 10.0. The molecular formula is C11H12O3. The molecule has 0 bridgehead atoms. The van der Waals surface area contributed by atoms with E-state index in [1.807, 2.05) is 30.3 Å². The molecule has 74 valence electrons. The molecule has 1 atom stereocenters. The zero-order valence-electron chi connectivity index (χ0n) is 8.03. The first-order valence-electron chi connectivity index (χ1n) is 4.66. The number of esters is 1. The van der Waals surface area contributed by atoms with Crippen molar-refractivity contribution in [3.05, 3.63) is 35.9 Å². The first-order valence-corrected chi connectivity index (χ1v) is 4.66. The fourth-order valence-electron chi connectivity index (χ4n) is 1.43. The molecule has 3 heteroatoms. The molecule has 1 heterocycles. The van der Waals surface area contributed by atoms with Crippen molar-refractivity contribution in [2.45, 2.75) is 12.5 Å². The van der Waals surface area contributed by atoms with Gasteiger partial charge in [0.15, 0.2) is 0 Å². The molecule has 1 unspecified atom stereocenters. The Morgan fingerprint density at radius 3 is 2.64 bits per heavy atom. The second kappa shape index (κ2) is 3.42. The Kier molecular flexibility index (Phi) is 2.25. The highest BCUT2D eigenvalue weighted by molar-refractivity contribution is 5.84. The van der Waals surface area contributed by atoms with Crippen molar-refractivity contribution in [1.82, 2.24) is 0 Å². The van der Waals surface area contributed by atoms with Gasteiger partial charge in [-0.25, -0.2) is 4.79 Å². The largest absolute Gasteiger partial charge is 0.464 e. The molecule has 0 amide bonds. The maximum atomic E-state index is 11.6. The molecule has 2 rings (SSSR count). The predicted octanol–water partition coefficient (Wildman–Crippen LogP) is 1.48. The summed E-state index contributed by atoms with van der Waals surface area (Å²) in [5, 5.41) is 0. The number of benzene rings is 1. The summed E-state index contributed by atoms with van der Waals surface area (Å²) in [5.41, 5.74) is 0.0653. The van der Waals surface area contributed by atoms with Crippen LogP contribution in [0.1, 0.15) is 12.5 Å². The van der Waals surface area contributed by atoms with Crippen LogP contribution in [0.4, 0.5) is 0 Å². The summed E-state index contributed by atoms with van der Waals surface area (Å²) >= 11 is 0. The summed E-state index contributed by atoms with van der Waals surface area (Å²) in [4.78, 5) is 11.6. The maximum Gasteiger partial charge on any atom is 0.345 e. The molecule has 0 aliphatic carbocycles. The number of epoxide rings is 1. The van der Waals surface area contributed by atoms with Crippen LogP contribution in [-0.2, 0) is 19.9 Å². The molecule has 0 saturated carbocycles. The van der Waals surface area contributed by atoms with E-state index in [0.29, 0.717) is 13.2 Å². The Balaban J connectivity index is 2.21. The predicted molar refractivity (Wildman–Crippen MR) is 50.7 cm³/mol. The minimum Gasteiger partial charge on any atom is -0.464 e. The van der Waals surface area contributed by atoms with Crippen molar-refractivity contribution in [3.63, 3.8) is 0 Å². The van der Waals surface area contributed by atoms with E-state index in [4.69, 9.17) is 9.47 Å². The lowest BCUT2D eigenvalue weighted by Gasteiger charge is -2.10. The van der Waals surface area contributed by atoms with Crippen molar-refractivity contribution in [3.8, 4) is 0 Å². The molecule has 0 N–H and O–H groups in total. The second-order valence-corrected chi connectivity index (χ2v) is 3.20. The molecule has 1 saturated heterocycles. The van der Waals surface area contributed by atoms with Gasteiger partial charge in [-0.1, -0.05) is 30.3 Å². The molecule has 1 aromatic carbocycles. The summed E-state index contributed by atoms with van der Waals surface area (Å²) in [6.07, 6.45) is 0. The van der Waals surface area contributed by atoms with E-state index < -0.39 is 5.60 Å². The molecule has 14 heavy (non-hydrogen) atoms. The van der Waals surface area contributed by atoms with Crippen molar-refractivity contribution in [1.29, 1.82) is 0 Å². The average Bonchev–Trinajstić information content (AvgIpc) is 3.00. The van der Waals surface area contributed by atoms with E-state index in [-0.39, 0.29) is 5.97 Å². The highest BCUT2D eigenvalue weighted by atomic mass is 16.6. The van der Waals surface area contributed by atoms with Gasteiger partial charge < -0.3 is 9.47 Å². The van der Waals surface area contributed by atoms with Gasteiger partial charge in [0, 0.05) is 0 Å². The fourth-order valence-corrected chi connectivity index (χ4v) is 1.43. The van der Waals surface area contributed by atoms with E-state index in [2.05, 4.69) is 0 Å². The number of hydrogen-bond donors (Lipinski definition) is 0. The van der Waals surface area contributed by atoms with Crippen LogP contribution in [-0.4, -0.2) is 19.2 Å². The van der Waals surface area contributed by atoms with Crippen LogP contribution in [0.3, 0.4) is 0 Å². The molecule has 0 aromatic heterocycles. The minimum atomic E-state index is -0.808. The first-order chi connectivity index (χ1) is 6.79. The van der Waals surface area contributed by atoms with Gasteiger partial charge in [0.05, 0.1) is 13.2 Å². The Morgan fingerprint density at radius 2 is 2.14 bits per heavy atom. The Bertz CT molecular complexity index is 328. The molecule has 1 fully saturated rings. The topological polar surface area (TPSA) is 38.8 Å². The highest BCUT2D eigenvalue weighted by Gasteiger charge is 2.55. The molecule has 1 aliphatic heterocycles. The first kappa shape index (κ1) is 9.21. The third kappa shape index (κ3) is 1.40. The third-order valence-corrected chi connectivity index (χ3v) is 2.28. The van der Waals surface area contributed by atoms with Crippen molar-refractivity contribution < 1.29 is 14.3 Å². The number of carbonyl (C=O) groups is 1. The quantitative estimate of drug-likeness (QED) is 0.537. The minimum absolute atomic E-state index is 0.286. The summed E-state index contributed by atoms with van der Waals surface area (Å²) in [7, 11) is 0. The third-order valence-electron chi connectivity index (χ3n) is 2.28. The smallest absolute Gasteiger partial charge is 0.345 e. The van der Waals surface area contributed by atoms with Crippen molar-refractivity contribution in [2.75, 3.05) is 13.2 Å². The molecular weight excluding hydrogens is 180 g/mol. The number of ether oxygens (including phenoxy) is 2. The maximum absolute atomic E-state index is 11.6. The van der Waals surface area contributed by atoms with Crippen molar-refractivity contribution >= 4 is 5.97 Å². The van der Waals surface area contributed by atoms with Crippen LogP contribution in [0.2, 0.25) is 0 Å². The van der Waals surface area contributed by atoms with Crippen LogP contribution in [0.25, 0.3) is 0 Å². The van der Waals surface area contributed by atoms with Gasteiger partial charge in [0.1, 0.15) is 0 Å². The summed E-state index contributed by atoms with van der Waals surface area (Å²) in [6.45, 7) is 2.60. The SMILES string of the molecule is CCOC(=O)C1(c2ccccc2)CO1. The van der Waals surface area contributed by atoms with Gasteiger partial charge >= 0.3 is 5.97 Å². The van der Waals surface area contributed by atoms with Crippen LogP contribution in [0.15, 0.2) is 30.3 Å². The van der Waals surface area contributed by atoms with E-state index in [1.54, 1.807) is 6.92 Å². The van der Waals surface area contributed by atoms with Crippen LogP contribution >= 0.6 is 0 Å². The van der Waals surface area contributed by atoms with Gasteiger partial charge in [-0.15, -0.1) is 0 Å². The van der Waals surface area contributed by atoms with Gasteiger partial charge in [0.2, 0.25) is 5.60 Å². The average molecular weight is 192 g/mol. The van der Waals surface area contributed by atoms with Crippen LogP contribution < -0.4 is 0 Å². The highest BCUT2D eigenvalue weighted by Crippen LogP contribution is 2.39. The Morgan fingerprint density at radius 1 is 1.50 bits per heavy atom.